The number of urea groups is 1. The number of carbonyl (C=O) groups is 1. The molecule has 22 heavy (non-hydrogen) atoms. The second-order valence-electron chi connectivity index (χ2n) is 5.49. The third-order valence-electron chi connectivity index (χ3n) is 3.47. The van der Waals surface area contributed by atoms with Gasteiger partial charge < -0.3 is 10.6 Å². The Bertz CT molecular complexity index is 632. The zero-order valence-corrected chi connectivity index (χ0v) is 13.9. The van der Waals surface area contributed by atoms with Crippen molar-refractivity contribution in [2.45, 2.75) is 33.2 Å². The summed E-state index contributed by atoms with van der Waals surface area (Å²) in [5, 5.41) is 6.58. The summed E-state index contributed by atoms with van der Waals surface area (Å²) in [5.74, 6) is 0. The largest absolute Gasteiger partial charge is 0.331 e. The van der Waals surface area contributed by atoms with Crippen LogP contribution in [0.15, 0.2) is 42.5 Å². The number of hydrogen-bond donors (Lipinski definition) is 2. The molecule has 0 fully saturated rings. The number of nitrogens with one attached hydrogen (secondary N) is 2. The molecule has 116 valence electrons. The van der Waals surface area contributed by atoms with Gasteiger partial charge in [0.1, 0.15) is 0 Å². The Labute approximate surface area is 136 Å². The van der Waals surface area contributed by atoms with Crippen molar-refractivity contribution in [3.8, 4) is 0 Å². The molecule has 0 saturated carbocycles. The maximum absolute atomic E-state index is 12.2. The number of halogens is 1. The van der Waals surface area contributed by atoms with E-state index in [1.165, 1.54) is 0 Å². The zero-order chi connectivity index (χ0) is 16.1. The van der Waals surface area contributed by atoms with E-state index in [9.17, 15) is 4.79 Å². The van der Waals surface area contributed by atoms with Crippen LogP contribution < -0.4 is 10.6 Å². The molecule has 2 aromatic rings. The zero-order valence-electron chi connectivity index (χ0n) is 13.1. The molecule has 0 heterocycles. The van der Waals surface area contributed by atoms with Crippen molar-refractivity contribution in [1.29, 1.82) is 0 Å². The molecule has 2 rings (SSSR count). The summed E-state index contributed by atoms with van der Waals surface area (Å²) in [7, 11) is 0. The maximum Gasteiger partial charge on any atom is 0.319 e. The topological polar surface area (TPSA) is 41.1 Å². The molecule has 1 atom stereocenters. The molecule has 0 aliphatic heterocycles. The van der Waals surface area contributed by atoms with Crippen molar-refractivity contribution < 1.29 is 4.79 Å². The monoisotopic (exact) mass is 316 g/mol. The van der Waals surface area contributed by atoms with Crippen LogP contribution in [0.3, 0.4) is 0 Å². The second-order valence-corrected chi connectivity index (χ2v) is 5.92. The quantitative estimate of drug-likeness (QED) is 0.796. The van der Waals surface area contributed by atoms with Gasteiger partial charge in [0, 0.05) is 10.7 Å². The van der Waals surface area contributed by atoms with Gasteiger partial charge in [0.2, 0.25) is 0 Å². The molecule has 0 aromatic heterocycles. The summed E-state index contributed by atoms with van der Waals surface area (Å²) >= 11 is 5.90. The van der Waals surface area contributed by atoms with E-state index >= 15 is 0 Å². The van der Waals surface area contributed by atoms with Gasteiger partial charge in [-0.05, 0) is 61.2 Å². The van der Waals surface area contributed by atoms with Crippen LogP contribution in [0.1, 0.15) is 36.1 Å². The SMILES string of the molecule is CC[C@@H](NC(=O)Nc1cc(C)cc(C)c1)c1ccc(Cl)cc1. The summed E-state index contributed by atoms with van der Waals surface area (Å²) in [5.41, 5.74) is 4.10. The Hall–Kier alpha value is -2.00. The Kier molecular flexibility index (Phi) is 5.45. The van der Waals surface area contributed by atoms with Crippen LogP contribution in [-0.2, 0) is 0 Å². The summed E-state index contributed by atoms with van der Waals surface area (Å²) in [6.45, 7) is 6.06. The first-order valence-corrected chi connectivity index (χ1v) is 7.77. The third kappa shape index (κ3) is 4.50. The van der Waals surface area contributed by atoms with Crippen LogP contribution in [0, 0.1) is 13.8 Å². The summed E-state index contributed by atoms with van der Waals surface area (Å²) in [4.78, 5) is 12.2. The number of anilines is 1. The average molecular weight is 317 g/mol. The average Bonchev–Trinajstić information content (AvgIpc) is 2.44. The van der Waals surface area contributed by atoms with Gasteiger partial charge in [0.05, 0.1) is 6.04 Å². The number of benzene rings is 2. The Morgan fingerprint density at radius 3 is 2.23 bits per heavy atom. The summed E-state index contributed by atoms with van der Waals surface area (Å²) < 4.78 is 0. The minimum atomic E-state index is -0.202. The van der Waals surface area contributed by atoms with Gasteiger partial charge in [-0.1, -0.05) is 36.7 Å². The van der Waals surface area contributed by atoms with Gasteiger partial charge in [-0.25, -0.2) is 4.79 Å². The summed E-state index contributed by atoms with van der Waals surface area (Å²) in [6, 6.07) is 13.3. The molecule has 0 unspecified atom stereocenters. The standard InChI is InChI=1S/C18H21ClN2O/c1-4-17(14-5-7-15(19)8-6-14)21-18(22)20-16-10-12(2)9-13(3)11-16/h5-11,17H,4H2,1-3H3,(H2,20,21,22)/t17-/m1/s1. The lowest BCUT2D eigenvalue weighted by Crippen LogP contribution is -2.32. The van der Waals surface area contributed by atoms with Crippen LogP contribution in [0.25, 0.3) is 0 Å². The van der Waals surface area contributed by atoms with E-state index in [-0.39, 0.29) is 12.1 Å². The molecule has 2 amide bonds. The van der Waals surface area contributed by atoms with Crippen molar-refractivity contribution >= 4 is 23.3 Å². The molecule has 0 bridgehead atoms. The predicted molar refractivity (Wildman–Crippen MR) is 92.6 cm³/mol. The molecule has 0 saturated heterocycles. The van der Waals surface area contributed by atoms with Crippen molar-refractivity contribution in [2.24, 2.45) is 0 Å². The lowest BCUT2D eigenvalue weighted by Gasteiger charge is -2.18. The van der Waals surface area contributed by atoms with Crippen molar-refractivity contribution in [3.63, 3.8) is 0 Å². The van der Waals surface area contributed by atoms with Crippen LogP contribution >= 0.6 is 11.6 Å². The van der Waals surface area contributed by atoms with E-state index in [0.717, 1.165) is 28.8 Å². The number of hydrogen-bond acceptors (Lipinski definition) is 1. The van der Waals surface area contributed by atoms with Crippen LogP contribution in [0.5, 0.6) is 0 Å². The second kappa shape index (κ2) is 7.32. The van der Waals surface area contributed by atoms with Gasteiger partial charge in [-0.2, -0.15) is 0 Å². The van der Waals surface area contributed by atoms with E-state index in [0.29, 0.717) is 5.02 Å². The first kappa shape index (κ1) is 16.4. The van der Waals surface area contributed by atoms with E-state index in [2.05, 4.69) is 16.7 Å². The fourth-order valence-electron chi connectivity index (χ4n) is 2.49. The van der Waals surface area contributed by atoms with Gasteiger partial charge >= 0.3 is 6.03 Å². The first-order valence-electron chi connectivity index (χ1n) is 7.39. The van der Waals surface area contributed by atoms with E-state index in [4.69, 9.17) is 11.6 Å². The maximum atomic E-state index is 12.2. The molecule has 0 aliphatic carbocycles. The highest BCUT2D eigenvalue weighted by Crippen LogP contribution is 2.20. The van der Waals surface area contributed by atoms with Crippen LogP contribution in [-0.4, -0.2) is 6.03 Å². The smallest absolute Gasteiger partial charge is 0.319 e. The van der Waals surface area contributed by atoms with E-state index in [1.807, 2.05) is 57.2 Å². The Morgan fingerprint density at radius 1 is 1.09 bits per heavy atom. The van der Waals surface area contributed by atoms with Gasteiger partial charge in [0.25, 0.3) is 0 Å². The minimum absolute atomic E-state index is 0.0387. The molecule has 2 N–H and O–H groups in total. The van der Waals surface area contributed by atoms with Crippen LogP contribution in [0.4, 0.5) is 10.5 Å². The summed E-state index contributed by atoms with van der Waals surface area (Å²) in [6.07, 6.45) is 0.807. The highest BCUT2D eigenvalue weighted by atomic mass is 35.5. The Morgan fingerprint density at radius 2 is 1.68 bits per heavy atom. The fourth-order valence-corrected chi connectivity index (χ4v) is 2.61. The fraction of sp³-hybridized carbons (Fsp3) is 0.278. The highest BCUT2D eigenvalue weighted by Gasteiger charge is 2.12. The van der Waals surface area contributed by atoms with Gasteiger partial charge in [0.15, 0.2) is 0 Å². The molecule has 2 aromatic carbocycles. The lowest BCUT2D eigenvalue weighted by molar-refractivity contribution is 0.248. The molecule has 3 nitrogen and oxygen atoms in total. The number of carbonyl (C=O) groups excluding carboxylic acids is 1. The van der Waals surface area contributed by atoms with Gasteiger partial charge in [-0.15, -0.1) is 0 Å². The number of amides is 2. The van der Waals surface area contributed by atoms with Crippen molar-refractivity contribution in [3.05, 3.63) is 64.2 Å². The van der Waals surface area contributed by atoms with Crippen molar-refractivity contribution in [1.82, 2.24) is 5.32 Å². The molecule has 0 aliphatic rings. The molecular weight excluding hydrogens is 296 g/mol. The third-order valence-corrected chi connectivity index (χ3v) is 3.72. The number of rotatable bonds is 4. The molecule has 0 spiro atoms. The molecular formula is C18H21ClN2O. The highest BCUT2D eigenvalue weighted by molar-refractivity contribution is 6.30. The van der Waals surface area contributed by atoms with E-state index < -0.39 is 0 Å². The Balaban J connectivity index is 2.04. The first-order chi connectivity index (χ1) is 10.5. The van der Waals surface area contributed by atoms with Crippen LogP contribution in [0.2, 0.25) is 5.02 Å². The minimum Gasteiger partial charge on any atom is -0.331 e. The molecule has 4 heteroatoms. The van der Waals surface area contributed by atoms with Gasteiger partial charge in [-0.3, -0.25) is 0 Å². The molecule has 0 radical (unpaired) electrons. The van der Waals surface area contributed by atoms with E-state index in [1.54, 1.807) is 0 Å². The normalized spacial score (nSPS) is 11.8. The predicted octanol–water partition coefficient (Wildman–Crippen LogP) is 5.23. The number of aryl methyl sites for hydroxylation is 2. The lowest BCUT2D eigenvalue weighted by atomic mass is 10.1. The van der Waals surface area contributed by atoms with Crippen molar-refractivity contribution in [2.75, 3.05) is 5.32 Å².